The maximum absolute atomic E-state index is 11.6. The Kier molecular flexibility index (Phi) is 5.28. The van der Waals surface area contributed by atoms with Crippen LogP contribution in [0, 0.1) is 0 Å². The number of aromatic nitrogens is 3. The number of thiophene rings is 1. The number of halogens is 1. The van der Waals surface area contributed by atoms with Crippen LogP contribution in [0.4, 0.5) is 4.79 Å². The third-order valence-electron chi connectivity index (χ3n) is 2.43. The Bertz CT molecular complexity index is 641. The van der Waals surface area contributed by atoms with Crippen molar-refractivity contribution in [2.45, 2.75) is 13.1 Å². The van der Waals surface area contributed by atoms with Crippen LogP contribution >= 0.6 is 27.3 Å². The fraction of sp³-hybridized carbons (Fsp3) is 0.273. The fourth-order valence-corrected chi connectivity index (χ4v) is 2.86. The van der Waals surface area contributed by atoms with E-state index in [9.17, 15) is 9.59 Å². The van der Waals surface area contributed by atoms with Crippen LogP contribution in [-0.4, -0.2) is 38.6 Å². The van der Waals surface area contributed by atoms with Gasteiger partial charge in [-0.2, -0.15) is 0 Å². The SMILES string of the molecule is O=C(NCCn1cc(C(=O)O)nn1)NCc1cc(Br)cs1. The maximum Gasteiger partial charge on any atom is 0.358 e. The van der Waals surface area contributed by atoms with Crippen molar-refractivity contribution in [1.82, 2.24) is 25.6 Å². The molecule has 0 saturated heterocycles. The quantitative estimate of drug-likeness (QED) is 0.706. The molecule has 8 nitrogen and oxygen atoms in total. The summed E-state index contributed by atoms with van der Waals surface area (Å²) in [6.07, 6.45) is 1.31. The lowest BCUT2D eigenvalue weighted by Crippen LogP contribution is -2.36. The summed E-state index contributed by atoms with van der Waals surface area (Å²) in [7, 11) is 0. The first kappa shape index (κ1) is 15.4. The van der Waals surface area contributed by atoms with E-state index in [1.54, 1.807) is 11.3 Å². The van der Waals surface area contributed by atoms with Crippen LogP contribution in [0.5, 0.6) is 0 Å². The molecule has 3 N–H and O–H groups in total. The Morgan fingerprint density at radius 3 is 2.86 bits per heavy atom. The number of amides is 2. The number of hydrogen-bond acceptors (Lipinski definition) is 5. The van der Waals surface area contributed by atoms with Crippen molar-refractivity contribution in [1.29, 1.82) is 0 Å². The van der Waals surface area contributed by atoms with Gasteiger partial charge in [0.05, 0.1) is 19.3 Å². The van der Waals surface area contributed by atoms with Crippen LogP contribution in [-0.2, 0) is 13.1 Å². The second kappa shape index (κ2) is 7.18. The van der Waals surface area contributed by atoms with Crippen molar-refractivity contribution >= 4 is 39.3 Å². The molecular weight excluding hydrogens is 362 g/mol. The minimum atomic E-state index is -1.13. The van der Waals surface area contributed by atoms with Gasteiger partial charge in [0.2, 0.25) is 0 Å². The van der Waals surface area contributed by atoms with Crippen LogP contribution in [0.2, 0.25) is 0 Å². The lowest BCUT2D eigenvalue weighted by Gasteiger charge is -2.06. The molecule has 2 heterocycles. The molecule has 0 aliphatic carbocycles. The zero-order chi connectivity index (χ0) is 15.2. The van der Waals surface area contributed by atoms with Crippen LogP contribution < -0.4 is 10.6 Å². The van der Waals surface area contributed by atoms with Gasteiger partial charge >= 0.3 is 12.0 Å². The van der Waals surface area contributed by atoms with Gasteiger partial charge in [0, 0.05) is 21.3 Å². The van der Waals surface area contributed by atoms with Gasteiger partial charge in [-0.1, -0.05) is 5.21 Å². The minimum absolute atomic E-state index is 0.122. The van der Waals surface area contributed by atoms with E-state index in [4.69, 9.17) is 5.11 Å². The number of hydrogen-bond donors (Lipinski definition) is 3. The molecule has 2 aromatic rings. The van der Waals surface area contributed by atoms with E-state index in [1.165, 1.54) is 10.9 Å². The largest absolute Gasteiger partial charge is 0.476 e. The van der Waals surface area contributed by atoms with E-state index in [2.05, 4.69) is 36.9 Å². The van der Waals surface area contributed by atoms with Gasteiger partial charge in [-0.25, -0.2) is 14.3 Å². The van der Waals surface area contributed by atoms with E-state index in [-0.39, 0.29) is 11.7 Å². The number of carboxylic acids is 1. The smallest absolute Gasteiger partial charge is 0.358 e. The molecule has 2 amide bonds. The summed E-state index contributed by atoms with van der Waals surface area (Å²) in [5.74, 6) is -1.13. The zero-order valence-electron chi connectivity index (χ0n) is 10.7. The standard InChI is InChI=1S/C11H12BrN5O3S/c12-7-3-8(21-6-7)4-14-11(20)13-1-2-17-5-9(10(18)19)15-16-17/h3,5-6H,1-2,4H2,(H,18,19)(H2,13,14,20). The average molecular weight is 374 g/mol. The molecule has 2 aromatic heterocycles. The first-order chi connectivity index (χ1) is 10.0. The molecule has 0 aliphatic rings. The normalized spacial score (nSPS) is 10.3. The highest BCUT2D eigenvalue weighted by molar-refractivity contribution is 9.10. The Hall–Kier alpha value is -1.94. The second-order valence-electron chi connectivity index (χ2n) is 4.01. The molecule has 2 rings (SSSR count). The predicted molar refractivity (Wildman–Crippen MR) is 79.2 cm³/mol. The topological polar surface area (TPSA) is 109 Å². The van der Waals surface area contributed by atoms with Crippen LogP contribution in [0.25, 0.3) is 0 Å². The highest BCUT2D eigenvalue weighted by atomic mass is 79.9. The Morgan fingerprint density at radius 1 is 1.43 bits per heavy atom. The molecule has 0 atom stereocenters. The molecule has 112 valence electrons. The predicted octanol–water partition coefficient (Wildman–Crippen LogP) is 1.30. The second-order valence-corrected chi connectivity index (χ2v) is 5.92. The van der Waals surface area contributed by atoms with Crippen molar-refractivity contribution in [3.05, 3.63) is 32.7 Å². The number of aromatic carboxylic acids is 1. The molecule has 0 unspecified atom stereocenters. The summed E-state index contributed by atoms with van der Waals surface area (Å²) >= 11 is 4.89. The number of urea groups is 1. The molecule has 21 heavy (non-hydrogen) atoms. The molecular formula is C11H12BrN5O3S. The summed E-state index contributed by atoms with van der Waals surface area (Å²) in [5, 5.41) is 23.1. The number of rotatable bonds is 6. The summed E-state index contributed by atoms with van der Waals surface area (Å²) < 4.78 is 2.35. The first-order valence-corrected chi connectivity index (χ1v) is 7.60. The fourth-order valence-electron chi connectivity index (χ4n) is 1.47. The number of carbonyl (C=O) groups excluding carboxylic acids is 1. The molecule has 0 aliphatic heterocycles. The summed E-state index contributed by atoms with van der Waals surface area (Å²) in [6, 6.07) is 1.64. The van der Waals surface area contributed by atoms with Crippen molar-refractivity contribution in [3.63, 3.8) is 0 Å². The van der Waals surface area contributed by atoms with E-state index >= 15 is 0 Å². The number of carboxylic acid groups (broad SMARTS) is 1. The molecule has 10 heteroatoms. The average Bonchev–Trinajstić information content (AvgIpc) is 3.05. The maximum atomic E-state index is 11.6. The minimum Gasteiger partial charge on any atom is -0.476 e. The third kappa shape index (κ3) is 4.83. The van der Waals surface area contributed by atoms with E-state index < -0.39 is 5.97 Å². The summed E-state index contributed by atoms with van der Waals surface area (Å²) in [5.41, 5.74) is -0.122. The Balaban J connectivity index is 1.67. The lowest BCUT2D eigenvalue weighted by molar-refractivity contribution is 0.0690. The lowest BCUT2D eigenvalue weighted by atomic mass is 10.4. The van der Waals surface area contributed by atoms with E-state index in [0.29, 0.717) is 19.6 Å². The molecule has 0 saturated carbocycles. The molecule has 0 spiro atoms. The van der Waals surface area contributed by atoms with Crippen molar-refractivity contribution in [3.8, 4) is 0 Å². The van der Waals surface area contributed by atoms with Gasteiger partial charge in [-0.05, 0) is 22.0 Å². The summed E-state index contributed by atoms with van der Waals surface area (Å²) in [6.45, 7) is 1.12. The molecule has 0 aromatic carbocycles. The summed E-state index contributed by atoms with van der Waals surface area (Å²) in [4.78, 5) is 23.2. The molecule has 0 radical (unpaired) electrons. The van der Waals surface area contributed by atoms with Gasteiger partial charge < -0.3 is 15.7 Å². The Labute approximate surface area is 132 Å². The van der Waals surface area contributed by atoms with Gasteiger partial charge in [-0.15, -0.1) is 16.4 Å². The highest BCUT2D eigenvalue weighted by Crippen LogP contribution is 2.19. The zero-order valence-corrected chi connectivity index (χ0v) is 13.1. The van der Waals surface area contributed by atoms with Gasteiger partial charge in [0.25, 0.3) is 0 Å². The highest BCUT2D eigenvalue weighted by Gasteiger charge is 2.08. The number of carbonyl (C=O) groups is 2. The third-order valence-corrected chi connectivity index (χ3v) is 4.13. The number of nitrogens with one attached hydrogen (secondary N) is 2. The van der Waals surface area contributed by atoms with Gasteiger partial charge in [-0.3, -0.25) is 0 Å². The van der Waals surface area contributed by atoms with Crippen LogP contribution in [0.15, 0.2) is 22.1 Å². The van der Waals surface area contributed by atoms with Crippen LogP contribution in [0.3, 0.4) is 0 Å². The molecule has 0 bridgehead atoms. The first-order valence-electron chi connectivity index (χ1n) is 5.92. The molecule has 0 fully saturated rings. The van der Waals surface area contributed by atoms with Crippen molar-refractivity contribution in [2.24, 2.45) is 0 Å². The number of nitrogens with zero attached hydrogens (tertiary/aromatic N) is 3. The Morgan fingerprint density at radius 2 is 2.24 bits per heavy atom. The van der Waals surface area contributed by atoms with Gasteiger partial charge in [0.15, 0.2) is 5.69 Å². The van der Waals surface area contributed by atoms with Crippen molar-refractivity contribution in [2.75, 3.05) is 6.54 Å². The van der Waals surface area contributed by atoms with E-state index in [1.807, 2.05) is 11.4 Å². The van der Waals surface area contributed by atoms with Gasteiger partial charge in [0.1, 0.15) is 0 Å². The van der Waals surface area contributed by atoms with E-state index in [0.717, 1.165) is 9.35 Å². The van der Waals surface area contributed by atoms with Crippen molar-refractivity contribution < 1.29 is 14.7 Å². The monoisotopic (exact) mass is 373 g/mol. The van der Waals surface area contributed by atoms with Crippen LogP contribution in [0.1, 0.15) is 15.4 Å².